The highest BCUT2D eigenvalue weighted by Gasteiger charge is 2.07. The molecule has 0 spiro atoms. The van der Waals surface area contributed by atoms with Crippen LogP contribution in [0.25, 0.3) is 6.08 Å². The van der Waals surface area contributed by atoms with Crippen LogP contribution in [0, 0.1) is 0 Å². The zero-order valence-electron chi connectivity index (χ0n) is 9.12. The molecule has 0 saturated carbocycles. The average Bonchev–Trinajstić information content (AvgIpc) is 2.26. The van der Waals surface area contributed by atoms with Crippen molar-refractivity contribution in [2.45, 2.75) is 6.92 Å². The van der Waals surface area contributed by atoms with Crippen molar-refractivity contribution in [2.24, 2.45) is 0 Å². The lowest BCUT2D eigenvalue weighted by atomic mass is 10.3. The molecule has 0 radical (unpaired) electrons. The van der Waals surface area contributed by atoms with Gasteiger partial charge in [0, 0.05) is 6.08 Å². The Labute approximate surface area is 99.1 Å². The van der Waals surface area contributed by atoms with Gasteiger partial charge >= 0.3 is 5.97 Å². The van der Waals surface area contributed by atoms with E-state index in [9.17, 15) is 13.2 Å². The van der Waals surface area contributed by atoms with E-state index in [2.05, 4.69) is 9.71 Å². The highest BCUT2D eigenvalue weighted by atomic mass is 32.2. The normalized spacial score (nSPS) is 11.6. The second kappa shape index (κ2) is 5.44. The maximum Gasteiger partial charge on any atom is 0.328 e. The summed E-state index contributed by atoms with van der Waals surface area (Å²) in [5.41, 5.74) is 0.365. The van der Waals surface area contributed by atoms with Gasteiger partial charge in [-0.05, 0) is 25.1 Å². The first kappa shape index (κ1) is 13.2. The van der Waals surface area contributed by atoms with Gasteiger partial charge in [-0.1, -0.05) is 6.07 Å². The van der Waals surface area contributed by atoms with E-state index >= 15 is 0 Å². The standard InChI is InChI=1S/C10H12N2O4S/c1-2-17(15,16)12-9-5-3-4-8(11-9)6-7-10(13)14/h3-7H,2H2,1H3,(H,11,12)(H,13,14). The summed E-state index contributed by atoms with van der Waals surface area (Å²) in [7, 11) is -3.37. The number of carboxylic acid groups (broad SMARTS) is 1. The monoisotopic (exact) mass is 256 g/mol. The van der Waals surface area contributed by atoms with E-state index in [0.29, 0.717) is 5.69 Å². The summed E-state index contributed by atoms with van der Waals surface area (Å²) < 4.78 is 24.8. The molecule has 1 aromatic rings. The zero-order chi connectivity index (χ0) is 12.9. The molecule has 0 bridgehead atoms. The molecule has 0 fully saturated rings. The molecule has 0 saturated heterocycles. The van der Waals surface area contributed by atoms with Crippen LogP contribution in [-0.2, 0) is 14.8 Å². The molecule has 0 aliphatic rings. The first-order chi connectivity index (χ1) is 7.93. The molecule has 0 unspecified atom stereocenters. The van der Waals surface area contributed by atoms with Gasteiger partial charge < -0.3 is 5.11 Å². The predicted octanol–water partition coefficient (Wildman–Crippen LogP) is 0.941. The zero-order valence-corrected chi connectivity index (χ0v) is 9.94. The number of hydrogen-bond donors (Lipinski definition) is 2. The maximum absolute atomic E-state index is 11.3. The Morgan fingerprint density at radius 2 is 2.24 bits per heavy atom. The smallest absolute Gasteiger partial charge is 0.328 e. The van der Waals surface area contributed by atoms with E-state index < -0.39 is 16.0 Å². The Balaban J connectivity index is 2.90. The molecule has 1 heterocycles. The summed E-state index contributed by atoms with van der Waals surface area (Å²) in [6, 6.07) is 4.65. The molecule has 6 nitrogen and oxygen atoms in total. The molecule has 17 heavy (non-hydrogen) atoms. The second-order valence-electron chi connectivity index (χ2n) is 3.12. The molecule has 0 amide bonds. The Morgan fingerprint density at radius 1 is 1.53 bits per heavy atom. The van der Waals surface area contributed by atoms with Crippen molar-refractivity contribution in [3.8, 4) is 0 Å². The fraction of sp³-hybridized carbons (Fsp3) is 0.200. The van der Waals surface area contributed by atoms with Crippen molar-refractivity contribution >= 4 is 27.9 Å². The molecule has 92 valence electrons. The topological polar surface area (TPSA) is 96.4 Å². The van der Waals surface area contributed by atoms with E-state index in [4.69, 9.17) is 5.11 Å². The van der Waals surface area contributed by atoms with Gasteiger partial charge in [0.05, 0.1) is 11.4 Å². The first-order valence-corrected chi connectivity index (χ1v) is 6.47. The van der Waals surface area contributed by atoms with Crippen LogP contribution in [0.15, 0.2) is 24.3 Å². The number of carboxylic acids is 1. The van der Waals surface area contributed by atoms with Gasteiger partial charge in [0.1, 0.15) is 5.82 Å². The summed E-state index contributed by atoms with van der Waals surface area (Å²) >= 11 is 0. The van der Waals surface area contributed by atoms with E-state index in [1.54, 1.807) is 12.1 Å². The number of carbonyl (C=O) groups is 1. The van der Waals surface area contributed by atoms with E-state index in [1.807, 2.05) is 0 Å². The number of anilines is 1. The fourth-order valence-corrected chi connectivity index (χ4v) is 1.57. The number of hydrogen-bond acceptors (Lipinski definition) is 4. The molecule has 0 aromatic carbocycles. The van der Waals surface area contributed by atoms with Gasteiger partial charge in [-0.15, -0.1) is 0 Å². The maximum atomic E-state index is 11.3. The van der Waals surface area contributed by atoms with Crippen LogP contribution in [0.2, 0.25) is 0 Å². The first-order valence-electron chi connectivity index (χ1n) is 4.81. The number of nitrogens with one attached hydrogen (secondary N) is 1. The van der Waals surface area contributed by atoms with Crippen molar-refractivity contribution in [3.05, 3.63) is 30.0 Å². The second-order valence-corrected chi connectivity index (χ2v) is 5.14. The minimum atomic E-state index is -3.37. The van der Waals surface area contributed by atoms with Crippen molar-refractivity contribution in [1.29, 1.82) is 0 Å². The minimum Gasteiger partial charge on any atom is -0.478 e. The number of rotatable bonds is 5. The highest BCUT2D eigenvalue weighted by molar-refractivity contribution is 7.92. The van der Waals surface area contributed by atoms with Gasteiger partial charge in [-0.25, -0.2) is 18.2 Å². The lowest BCUT2D eigenvalue weighted by Gasteiger charge is -2.05. The quantitative estimate of drug-likeness (QED) is 0.764. The fourth-order valence-electron chi connectivity index (χ4n) is 0.989. The minimum absolute atomic E-state index is 0.0517. The summed E-state index contributed by atoms with van der Waals surface area (Å²) in [6.45, 7) is 1.51. The number of aromatic nitrogens is 1. The van der Waals surface area contributed by atoms with Crippen LogP contribution in [0.3, 0.4) is 0 Å². The molecule has 1 aromatic heterocycles. The number of nitrogens with zero attached hydrogens (tertiary/aromatic N) is 1. The Morgan fingerprint density at radius 3 is 2.82 bits per heavy atom. The number of pyridine rings is 1. The van der Waals surface area contributed by atoms with Crippen molar-refractivity contribution in [3.63, 3.8) is 0 Å². The van der Waals surface area contributed by atoms with E-state index in [-0.39, 0.29) is 11.6 Å². The summed E-state index contributed by atoms with van der Waals surface area (Å²) in [6.07, 6.45) is 2.21. The van der Waals surface area contributed by atoms with Crippen LogP contribution in [-0.4, -0.2) is 30.2 Å². The molecule has 0 aliphatic carbocycles. The molecule has 2 N–H and O–H groups in total. The van der Waals surface area contributed by atoms with Crippen LogP contribution in [0.4, 0.5) is 5.82 Å². The van der Waals surface area contributed by atoms with Gasteiger partial charge in [-0.2, -0.15) is 0 Å². The summed E-state index contributed by atoms with van der Waals surface area (Å²) in [5, 5.41) is 8.44. The highest BCUT2D eigenvalue weighted by Crippen LogP contribution is 2.08. The van der Waals surface area contributed by atoms with E-state index in [1.165, 1.54) is 19.1 Å². The van der Waals surface area contributed by atoms with Crippen LogP contribution in [0.5, 0.6) is 0 Å². The molecule has 1 rings (SSSR count). The van der Waals surface area contributed by atoms with Crippen molar-refractivity contribution in [1.82, 2.24) is 4.98 Å². The van der Waals surface area contributed by atoms with Crippen LogP contribution < -0.4 is 4.72 Å². The Bertz CT molecular complexity index is 537. The number of aliphatic carboxylic acids is 1. The third-order valence-electron chi connectivity index (χ3n) is 1.81. The summed E-state index contributed by atoms with van der Waals surface area (Å²) in [5.74, 6) is -0.977. The Kier molecular flexibility index (Phi) is 4.22. The van der Waals surface area contributed by atoms with Gasteiger partial charge in [0.25, 0.3) is 0 Å². The molecular formula is C10H12N2O4S. The lowest BCUT2D eigenvalue weighted by Crippen LogP contribution is -2.15. The molecule has 0 atom stereocenters. The third kappa shape index (κ3) is 4.64. The molecular weight excluding hydrogens is 244 g/mol. The largest absolute Gasteiger partial charge is 0.478 e. The van der Waals surface area contributed by atoms with E-state index in [0.717, 1.165) is 6.08 Å². The van der Waals surface area contributed by atoms with Gasteiger partial charge in [-0.3, -0.25) is 4.72 Å². The lowest BCUT2D eigenvalue weighted by molar-refractivity contribution is -0.131. The average molecular weight is 256 g/mol. The number of sulfonamides is 1. The van der Waals surface area contributed by atoms with Gasteiger partial charge in [0.2, 0.25) is 10.0 Å². The molecule has 7 heteroatoms. The van der Waals surface area contributed by atoms with Gasteiger partial charge in [0.15, 0.2) is 0 Å². The van der Waals surface area contributed by atoms with Crippen molar-refractivity contribution in [2.75, 3.05) is 10.5 Å². The summed E-state index contributed by atoms with van der Waals surface area (Å²) in [4.78, 5) is 14.2. The van der Waals surface area contributed by atoms with Crippen molar-refractivity contribution < 1.29 is 18.3 Å². The Hall–Kier alpha value is -1.89. The van der Waals surface area contributed by atoms with Crippen LogP contribution >= 0.6 is 0 Å². The molecule has 0 aliphatic heterocycles. The third-order valence-corrected chi connectivity index (χ3v) is 3.09. The predicted molar refractivity (Wildman–Crippen MR) is 64.0 cm³/mol. The van der Waals surface area contributed by atoms with Crippen LogP contribution in [0.1, 0.15) is 12.6 Å². The SMILES string of the molecule is CCS(=O)(=O)Nc1cccc(C=CC(=O)O)n1.